The molecule has 0 bridgehead atoms. The lowest BCUT2D eigenvalue weighted by Gasteiger charge is -2.15. The van der Waals surface area contributed by atoms with E-state index >= 15 is 0 Å². The van der Waals surface area contributed by atoms with Gasteiger partial charge in [-0.2, -0.15) is 0 Å². The highest BCUT2D eigenvalue weighted by Crippen LogP contribution is 2.15. The van der Waals surface area contributed by atoms with Crippen LogP contribution < -0.4 is 11.2 Å². The van der Waals surface area contributed by atoms with Crippen molar-refractivity contribution in [2.24, 2.45) is 7.05 Å². The molecule has 0 spiro atoms. The van der Waals surface area contributed by atoms with Crippen molar-refractivity contribution in [1.82, 2.24) is 19.1 Å². The van der Waals surface area contributed by atoms with Crippen LogP contribution in [0.3, 0.4) is 0 Å². The third kappa shape index (κ3) is 2.14. The van der Waals surface area contributed by atoms with Crippen molar-refractivity contribution in [3.8, 4) is 0 Å². The SMILES string of the molecule is C[C@H](c1ccccc1)n1cnc2c(cnc(=O)n2C)c1=O. The van der Waals surface area contributed by atoms with Crippen molar-refractivity contribution >= 4 is 11.0 Å². The molecule has 21 heavy (non-hydrogen) atoms. The highest BCUT2D eigenvalue weighted by Gasteiger charge is 2.13. The van der Waals surface area contributed by atoms with Crippen LogP contribution in [0.15, 0.2) is 52.4 Å². The van der Waals surface area contributed by atoms with E-state index in [0.29, 0.717) is 11.0 Å². The Morgan fingerprint density at radius 1 is 1.10 bits per heavy atom. The van der Waals surface area contributed by atoms with E-state index in [9.17, 15) is 9.59 Å². The molecule has 0 aliphatic carbocycles. The lowest BCUT2D eigenvalue weighted by molar-refractivity contribution is 0.606. The number of hydrogen-bond acceptors (Lipinski definition) is 4. The molecule has 0 aliphatic rings. The lowest BCUT2D eigenvalue weighted by Crippen LogP contribution is -2.28. The maximum atomic E-state index is 12.6. The molecule has 3 aromatic rings. The summed E-state index contributed by atoms with van der Waals surface area (Å²) < 4.78 is 2.82. The predicted molar refractivity (Wildman–Crippen MR) is 79.3 cm³/mol. The second-order valence-corrected chi connectivity index (χ2v) is 4.88. The number of benzene rings is 1. The second kappa shape index (κ2) is 4.97. The third-order valence-corrected chi connectivity index (χ3v) is 3.62. The Labute approximate surface area is 120 Å². The number of rotatable bonds is 2. The first-order chi connectivity index (χ1) is 10.1. The summed E-state index contributed by atoms with van der Waals surface area (Å²) in [4.78, 5) is 32.0. The van der Waals surface area contributed by atoms with Crippen LogP contribution in [-0.4, -0.2) is 19.1 Å². The van der Waals surface area contributed by atoms with Crippen LogP contribution in [0.5, 0.6) is 0 Å². The maximum Gasteiger partial charge on any atom is 0.348 e. The van der Waals surface area contributed by atoms with Gasteiger partial charge in [-0.3, -0.25) is 13.9 Å². The zero-order chi connectivity index (χ0) is 15.0. The molecule has 0 saturated carbocycles. The molecule has 0 unspecified atom stereocenters. The number of hydrogen-bond donors (Lipinski definition) is 0. The van der Waals surface area contributed by atoms with Gasteiger partial charge in [-0.1, -0.05) is 30.3 Å². The molecule has 106 valence electrons. The quantitative estimate of drug-likeness (QED) is 0.705. The minimum absolute atomic E-state index is 0.146. The average Bonchev–Trinajstić information content (AvgIpc) is 2.52. The Morgan fingerprint density at radius 3 is 2.52 bits per heavy atom. The smallest absolute Gasteiger partial charge is 0.291 e. The zero-order valence-electron chi connectivity index (χ0n) is 11.7. The topological polar surface area (TPSA) is 69.8 Å². The van der Waals surface area contributed by atoms with Crippen molar-refractivity contribution in [2.75, 3.05) is 0 Å². The van der Waals surface area contributed by atoms with Gasteiger partial charge < -0.3 is 0 Å². The maximum absolute atomic E-state index is 12.6. The Balaban J connectivity index is 2.22. The molecule has 0 amide bonds. The number of fused-ring (bicyclic) bond motifs is 1. The van der Waals surface area contributed by atoms with E-state index in [1.54, 1.807) is 11.6 Å². The lowest BCUT2D eigenvalue weighted by atomic mass is 10.1. The Kier molecular flexibility index (Phi) is 3.13. The molecule has 1 aromatic carbocycles. The van der Waals surface area contributed by atoms with E-state index in [2.05, 4.69) is 9.97 Å². The molecule has 0 N–H and O–H groups in total. The molecule has 2 heterocycles. The predicted octanol–water partition coefficient (Wildman–Crippen LogP) is 1.10. The molecule has 0 radical (unpaired) electrons. The van der Waals surface area contributed by atoms with Crippen LogP contribution in [0.25, 0.3) is 11.0 Å². The number of aryl methyl sites for hydroxylation is 1. The van der Waals surface area contributed by atoms with E-state index in [0.717, 1.165) is 5.56 Å². The standard InChI is InChI=1S/C15H14N4O2/c1-10(11-6-4-3-5-7-11)19-9-17-13-12(14(19)20)8-16-15(21)18(13)2/h3-10H,1-2H3/t10-/m1/s1. The van der Waals surface area contributed by atoms with Gasteiger partial charge in [0.2, 0.25) is 0 Å². The summed E-state index contributed by atoms with van der Waals surface area (Å²) in [6.45, 7) is 1.93. The van der Waals surface area contributed by atoms with E-state index in [1.165, 1.54) is 17.1 Å². The van der Waals surface area contributed by atoms with Gasteiger partial charge in [0.15, 0.2) is 5.65 Å². The van der Waals surface area contributed by atoms with Gasteiger partial charge in [-0.15, -0.1) is 0 Å². The Morgan fingerprint density at radius 2 is 1.81 bits per heavy atom. The molecule has 3 rings (SSSR count). The fourth-order valence-corrected chi connectivity index (χ4v) is 2.32. The molecule has 0 saturated heterocycles. The van der Waals surface area contributed by atoms with E-state index in [-0.39, 0.29) is 11.6 Å². The highest BCUT2D eigenvalue weighted by atomic mass is 16.1. The van der Waals surface area contributed by atoms with Crippen LogP contribution in [-0.2, 0) is 7.05 Å². The van der Waals surface area contributed by atoms with Crippen LogP contribution in [0, 0.1) is 0 Å². The van der Waals surface area contributed by atoms with Gasteiger partial charge in [0.25, 0.3) is 5.56 Å². The second-order valence-electron chi connectivity index (χ2n) is 4.88. The third-order valence-electron chi connectivity index (χ3n) is 3.62. The summed E-state index contributed by atoms with van der Waals surface area (Å²) >= 11 is 0. The summed E-state index contributed by atoms with van der Waals surface area (Å²) in [6, 6.07) is 9.55. The normalized spacial score (nSPS) is 12.5. The fourth-order valence-electron chi connectivity index (χ4n) is 2.32. The van der Waals surface area contributed by atoms with Gasteiger partial charge in [-0.25, -0.2) is 14.8 Å². The number of aromatic nitrogens is 4. The average molecular weight is 282 g/mol. The molecule has 0 fully saturated rings. The molecular formula is C15H14N4O2. The summed E-state index contributed by atoms with van der Waals surface area (Å²) in [5, 5.41) is 0.336. The van der Waals surface area contributed by atoms with E-state index in [1.807, 2.05) is 37.3 Å². The van der Waals surface area contributed by atoms with Gasteiger partial charge >= 0.3 is 5.69 Å². The van der Waals surface area contributed by atoms with Crippen LogP contribution in [0.2, 0.25) is 0 Å². The zero-order valence-corrected chi connectivity index (χ0v) is 11.7. The monoisotopic (exact) mass is 282 g/mol. The fraction of sp³-hybridized carbons (Fsp3) is 0.200. The van der Waals surface area contributed by atoms with Crippen molar-refractivity contribution in [2.45, 2.75) is 13.0 Å². The van der Waals surface area contributed by atoms with Crippen molar-refractivity contribution in [3.63, 3.8) is 0 Å². The summed E-state index contributed by atoms with van der Waals surface area (Å²) in [7, 11) is 1.55. The first kappa shape index (κ1) is 13.2. The Hall–Kier alpha value is -2.76. The largest absolute Gasteiger partial charge is 0.348 e. The van der Waals surface area contributed by atoms with E-state index < -0.39 is 5.69 Å². The summed E-state index contributed by atoms with van der Waals surface area (Å²) in [5.74, 6) is 0. The van der Waals surface area contributed by atoms with Gasteiger partial charge in [-0.05, 0) is 12.5 Å². The minimum atomic E-state index is -0.428. The summed E-state index contributed by atoms with van der Waals surface area (Å²) in [5.41, 5.74) is 0.720. The van der Waals surface area contributed by atoms with Crippen molar-refractivity contribution < 1.29 is 0 Å². The van der Waals surface area contributed by atoms with Gasteiger partial charge in [0.1, 0.15) is 11.7 Å². The number of nitrogens with zero attached hydrogens (tertiary/aromatic N) is 4. The molecule has 6 nitrogen and oxygen atoms in total. The molecule has 6 heteroatoms. The molecule has 1 atom stereocenters. The first-order valence-electron chi connectivity index (χ1n) is 6.57. The molecule has 0 aliphatic heterocycles. The van der Waals surface area contributed by atoms with Crippen molar-refractivity contribution in [1.29, 1.82) is 0 Å². The van der Waals surface area contributed by atoms with Gasteiger partial charge in [0, 0.05) is 13.2 Å². The van der Waals surface area contributed by atoms with Crippen molar-refractivity contribution in [3.05, 3.63) is 69.3 Å². The van der Waals surface area contributed by atoms with Crippen LogP contribution in [0.4, 0.5) is 0 Å². The highest BCUT2D eigenvalue weighted by molar-refractivity contribution is 5.72. The molecular weight excluding hydrogens is 268 g/mol. The van der Waals surface area contributed by atoms with Crippen LogP contribution >= 0.6 is 0 Å². The Bertz CT molecular complexity index is 912. The minimum Gasteiger partial charge on any atom is -0.291 e. The van der Waals surface area contributed by atoms with E-state index in [4.69, 9.17) is 0 Å². The van der Waals surface area contributed by atoms with Gasteiger partial charge in [0.05, 0.1) is 6.04 Å². The summed E-state index contributed by atoms with van der Waals surface area (Å²) in [6.07, 6.45) is 2.77. The first-order valence-corrected chi connectivity index (χ1v) is 6.57. The van der Waals surface area contributed by atoms with Crippen LogP contribution in [0.1, 0.15) is 18.5 Å². The molecule has 2 aromatic heterocycles.